The van der Waals surface area contributed by atoms with Gasteiger partial charge in [-0.15, -0.1) is 0 Å². The molecule has 86 valence electrons. The van der Waals surface area contributed by atoms with Crippen molar-refractivity contribution in [2.24, 2.45) is 0 Å². The average Bonchev–Trinajstić information content (AvgIpc) is 2.19. The Morgan fingerprint density at radius 2 is 2.06 bits per heavy atom. The molecule has 0 atom stereocenters. The Labute approximate surface area is 100 Å². The molecule has 1 aliphatic rings. The molecule has 1 fully saturated rings. The summed E-state index contributed by atoms with van der Waals surface area (Å²) in [4.78, 5) is 11.6. The van der Waals surface area contributed by atoms with E-state index in [0.29, 0.717) is 0 Å². The second-order valence-corrected chi connectivity index (χ2v) is 4.71. The van der Waals surface area contributed by atoms with E-state index in [1.54, 1.807) is 0 Å². The smallest absolute Gasteiger partial charge is 0.251 e. The van der Waals surface area contributed by atoms with Gasteiger partial charge in [0.15, 0.2) is 11.6 Å². The number of carbonyl (C=O) groups excluding carboxylic acids is 1. The minimum atomic E-state index is -1.02. The van der Waals surface area contributed by atoms with Crippen molar-refractivity contribution in [2.75, 3.05) is 0 Å². The fourth-order valence-corrected chi connectivity index (χ4v) is 1.94. The summed E-state index contributed by atoms with van der Waals surface area (Å²) in [5.41, 5.74) is 0.137. The maximum Gasteiger partial charge on any atom is 0.251 e. The number of carbonyl (C=O) groups is 1. The van der Waals surface area contributed by atoms with Crippen LogP contribution in [0.4, 0.5) is 8.78 Å². The largest absolute Gasteiger partial charge is 0.349 e. The van der Waals surface area contributed by atoms with Gasteiger partial charge in [0.2, 0.25) is 0 Å². The van der Waals surface area contributed by atoms with Crippen LogP contribution in [0.1, 0.15) is 29.6 Å². The summed E-state index contributed by atoms with van der Waals surface area (Å²) in [5, 5.41) is 2.76. The molecular formula is C11H10BrF2NO. The molecule has 0 unspecified atom stereocenters. The summed E-state index contributed by atoms with van der Waals surface area (Å²) < 4.78 is 26.0. The Morgan fingerprint density at radius 1 is 1.38 bits per heavy atom. The summed E-state index contributed by atoms with van der Waals surface area (Å²) in [7, 11) is 0. The molecule has 0 heterocycles. The highest BCUT2D eigenvalue weighted by atomic mass is 79.9. The number of halogens is 3. The third-order valence-corrected chi connectivity index (χ3v) is 3.26. The van der Waals surface area contributed by atoms with Crippen LogP contribution in [-0.4, -0.2) is 11.9 Å². The van der Waals surface area contributed by atoms with Crippen LogP contribution in [0.3, 0.4) is 0 Å². The first-order chi connectivity index (χ1) is 7.58. The molecule has 1 aromatic carbocycles. The molecule has 5 heteroatoms. The lowest BCUT2D eigenvalue weighted by Crippen LogP contribution is -2.39. The molecule has 2 rings (SSSR count). The van der Waals surface area contributed by atoms with Gasteiger partial charge in [-0.05, 0) is 47.3 Å². The third kappa shape index (κ3) is 2.24. The van der Waals surface area contributed by atoms with E-state index >= 15 is 0 Å². The third-order valence-electron chi connectivity index (χ3n) is 2.69. The van der Waals surface area contributed by atoms with Crippen molar-refractivity contribution in [3.8, 4) is 0 Å². The SMILES string of the molecule is O=C(NC1CCC1)c1cc(F)c(F)c(Br)c1. The minimum absolute atomic E-state index is 0.0359. The standard InChI is InChI=1S/C11H10BrF2NO/c12-8-4-6(5-9(13)10(8)14)11(16)15-7-2-1-3-7/h4-5,7H,1-3H2,(H,15,16). The summed E-state index contributed by atoms with van der Waals surface area (Å²) in [6, 6.07) is 2.37. The molecule has 0 saturated heterocycles. The van der Waals surface area contributed by atoms with Crippen molar-refractivity contribution >= 4 is 21.8 Å². The van der Waals surface area contributed by atoms with E-state index in [2.05, 4.69) is 21.2 Å². The van der Waals surface area contributed by atoms with E-state index in [-0.39, 0.29) is 22.0 Å². The lowest BCUT2D eigenvalue weighted by molar-refractivity contribution is 0.0916. The van der Waals surface area contributed by atoms with Crippen LogP contribution in [0.5, 0.6) is 0 Å². The van der Waals surface area contributed by atoms with Crippen molar-refractivity contribution in [3.05, 3.63) is 33.8 Å². The van der Waals surface area contributed by atoms with Crippen LogP contribution >= 0.6 is 15.9 Å². The van der Waals surface area contributed by atoms with E-state index in [1.165, 1.54) is 6.07 Å². The molecule has 0 aliphatic heterocycles. The first kappa shape index (κ1) is 11.5. The maximum absolute atomic E-state index is 13.0. The van der Waals surface area contributed by atoms with Crippen LogP contribution in [0, 0.1) is 11.6 Å². The number of rotatable bonds is 2. The van der Waals surface area contributed by atoms with Gasteiger partial charge in [0.1, 0.15) is 0 Å². The number of benzene rings is 1. The highest BCUT2D eigenvalue weighted by Gasteiger charge is 2.21. The van der Waals surface area contributed by atoms with E-state index in [1.807, 2.05) is 0 Å². The highest BCUT2D eigenvalue weighted by Crippen LogP contribution is 2.22. The van der Waals surface area contributed by atoms with E-state index in [9.17, 15) is 13.6 Å². The zero-order valence-electron chi connectivity index (χ0n) is 8.40. The fourth-order valence-electron chi connectivity index (χ4n) is 1.51. The molecular weight excluding hydrogens is 280 g/mol. The Morgan fingerprint density at radius 3 is 2.56 bits per heavy atom. The van der Waals surface area contributed by atoms with Crippen molar-refractivity contribution in [3.63, 3.8) is 0 Å². The minimum Gasteiger partial charge on any atom is -0.349 e. The Balaban J connectivity index is 2.16. The van der Waals surface area contributed by atoms with Crippen molar-refractivity contribution in [1.82, 2.24) is 5.32 Å². The summed E-state index contributed by atoms with van der Waals surface area (Å²) in [6.45, 7) is 0. The molecule has 0 bridgehead atoms. The van der Waals surface area contributed by atoms with Gasteiger partial charge in [-0.1, -0.05) is 0 Å². The zero-order chi connectivity index (χ0) is 11.7. The fraction of sp³-hybridized carbons (Fsp3) is 0.364. The molecule has 2 nitrogen and oxygen atoms in total. The second-order valence-electron chi connectivity index (χ2n) is 3.86. The van der Waals surface area contributed by atoms with Crippen molar-refractivity contribution in [1.29, 1.82) is 0 Å². The van der Waals surface area contributed by atoms with Gasteiger partial charge in [-0.25, -0.2) is 8.78 Å². The number of hydrogen-bond acceptors (Lipinski definition) is 1. The predicted molar refractivity (Wildman–Crippen MR) is 59.2 cm³/mol. The predicted octanol–water partition coefficient (Wildman–Crippen LogP) is 3.01. The molecule has 1 amide bonds. The molecule has 1 aromatic rings. The monoisotopic (exact) mass is 289 g/mol. The number of nitrogens with one attached hydrogen (secondary N) is 1. The van der Waals surface area contributed by atoms with Crippen molar-refractivity contribution in [2.45, 2.75) is 25.3 Å². The Bertz CT molecular complexity index is 409. The van der Waals surface area contributed by atoms with E-state index < -0.39 is 11.6 Å². The Hall–Kier alpha value is -0.970. The van der Waals surface area contributed by atoms with Crippen LogP contribution < -0.4 is 5.32 Å². The van der Waals surface area contributed by atoms with Gasteiger partial charge in [0, 0.05) is 11.6 Å². The topological polar surface area (TPSA) is 29.1 Å². The number of hydrogen-bond donors (Lipinski definition) is 1. The first-order valence-electron chi connectivity index (χ1n) is 5.03. The van der Waals surface area contributed by atoms with Gasteiger partial charge in [0.25, 0.3) is 5.91 Å². The lowest BCUT2D eigenvalue weighted by atomic mass is 9.93. The van der Waals surface area contributed by atoms with Crippen molar-refractivity contribution < 1.29 is 13.6 Å². The van der Waals surface area contributed by atoms with Gasteiger partial charge >= 0.3 is 0 Å². The molecule has 16 heavy (non-hydrogen) atoms. The lowest BCUT2D eigenvalue weighted by Gasteiger charge is -2.26. The number of amides is 1. The van der Waals surface area contributed by atoms with Gasteiger partial charge in [-0.2, -0.15) is 0 Å². The molecule has 0 radical (unpaired) electrons. The molecule has 0 aromatic heterocycles. The summed E-state index contributed by atoms with van der Waals surface area (Å²) in [6.07, 6.45) is 3.01. The quantitative estimate of drug-likeness (QED) is 0.833. The average molecular weight is 290 g/mol. The summed E-state index contributed by atoms with van der Waals surface area (Å²) >= 11 is 2.87. The zero-order valence-corrected chi connectivity index (χ0v) is 9.98. The highest BCUT2D eigenvalue weighted by molar-refractivity contribution is 9.10. The second kappa shape index (κ2) is 4.49. The summed E-state index contributed by atoms with van der Waals surface area (Å²) in [5.74, 6) is -2.35. The molecule has 1 saturated carbocycles. The van der Waals surface area contributed by atoms with E-state index in [4.69, 9.17) is 0 Å². The van der Waals surface area contributed by atoms with Crippen LogP contribution in [0.2, 0.25) is 0 Å². The molecule has 1 aliphatic carbocycles. The van der Waals surface area contributed by atoms with Crippen LogP contribution in [-0.2, 0) is 0 Å². The van der Waals surface area contributed by atoms with Gasteiger partial charge < -0.3 is 5.32 Å². The van der Waals surface area contributed by atoms with Crippen LogP contribution in [0.25, 0.3) is 0 Å². The molecule has 1 N–H and O–H groups in total. The van der Waals surface area contributed by atoms with Crippen LogP contribution in [0.15, 0.2) is 16.6 Å². The maximum atomic E-state index is 13.0. The Kier molecular flexibility index (Phi) is 3.23. The normalized spacial score (nSPS) is 15.7. The van der Waals surface area contributed by atoms with Gasteiger partial charge in [0.05, 0.1) is 4.47 Å². The van der Waals surface area contributed by atoms with E-state index in [0.717, 1.165) is 25.3 Å². The first-order valence-corrected chi connectivity index (χ1v) is 5.82. The molecule has 0 spiro atoms. The van der Waals surface area contributed by atoms with Gasteiger partial charge in [-0.3, -0.25) is 4.79 Å².